The molecule has 0 aliphatic rings. The molecule has 0 aliphatic heterocycles. The van der Waals surface area contributed by atoms with E-state index in [1.165, 1.54) is 0 Å². The van der Waals surface area contributed by atoms with E-state index in [9.17, 15) is 26.4 Å². The van der Waals surface area contributed by atoms with Gasteiger partial charge in [-0.3, -0.25) is 4.79 Å². The number of rotatable bonds is 4. The van der Waals surface area contributed by atoms with Crippen LogP contribution < -0.4 is 10.5 Å². The van der Waals surface area contributed by atoms with E-state index in [2.05, 4.69) is 0 Å². The molecule has 0 aliphatic carbocycles. The standard InChI is InChI=1S/C9H9F3N2O3S/c1-4(9(13)15)14-18(16,17)6-3-2-5(10)7(11)8(6)12/h2-4,14H,1H3,(H2,13,15). The number of primary amides is 1. The number of amides is 1. The predicted octanol–water partition coefficient (Wildman–Crippen LogP) is 0.256. The predicted molar refractivity (Wildman–Crippen MR) is 55.3 cm³/mol. The van der Waals surface area contributed by atoms with E-state index in [1.807, 2.05) is 0 Å². The third-order valence-corrected chi connectivity index (χ3v) is 3.61. The first-order valence-corrected chi connectivity index (χ1v) is 6.10. The first-order chi connectivity index (χ1) is 8.16. The number of nitrogens with two attached hydrogens (primary N) is 1. The third-order valence-electron chi connectivity index (χ3n) is 2.05. The highest BCUT2D eigenvalue weighted by atomic mass is 32.2. The maximum atomic E-state index is 13.3. The molecule has 0 saturated carbocycles. The summed E-state index contributed by atoms with van der Waals surface area (Å²) < 4.78 is 63.7. The number of benzene rings is 1. The van der Waals surface area contributed by atoms with Gasteiger partial charge in [0.2, 0.25) is 15.9 Å². The molecule has 0 saturated heterocycles. The molecule has 3 N–H and O–H groups in total. The minimum absolute atomic E-state index is 0.460. The Kier molecular flexibility index (Phi) is 3.97. The van der Waals surface area contributed by atoms with Gasteiger partial charge in [0.15, 0.2) is 17.5 Å². The monoisotopic (exact) mass is 282 g/mol. The van der Waals surface area contributed by atoms with Crippen molar-refractivity contribution in [2.24, 2.45) is 5.73 Å². The molecule has 1 unspecified atom stereocenters. The highest BCUT2D eigenvalue weighted by Gasteiger charge is 2.26. The summed E-state index contributed by atoms with van der Waals surface area (Å²) in [6.45, 7) is 1.12. The largest absolute Gasteiger partial charge is 0.368 e. The molecule has 0 fully saturated rings. The number of carbonyl (C=O) groups excluding carboxylic acids is 1. The molecule has 1 amide bonds. The number of sulfonamides is 1. The first kappa shape index (κ1) is 14.5. The van der Waals surface area contributed by atoms with Gasteiger partial charge in [-0.25, -0.2) is 21.6 Å². The van der Waals surface area contributed by atoms with E-state index in [4.69, 9.17) is 5.73 Å². The first-order valence-electron chi connectivity index (χ1n) is 4.62. The maximum Gasteiger partial charge on any atom is 0.244 e. The second-order valence-corrected chi connectivity index (χ2v) is 5.10. The van der Waals surface area contributed by atoms with Crippen LogP contribution in [-0.2, 0) is 14.8 Å². The van der Waals surface area contributed by atoms with Crippen molar-refractivity contribution >= 4 is 15.9 Å². The van der Waals surface area contributed by atoms with Crippen LogP contribution in [0.25, 0.3) is 0 Å². The Morgan fingerprint density at radius 2 is 1.83 bits per heavy atom. The summed E-state index contributed by atoms with van der Waals surface area (Å²) in [6, 6.07) is -0.311. The van der Waals surface area contributed by atoms with Crippen LogP contribution in [0.2, 0.25) is 0 Å². The van der Waals surface area contributed by atoms with E-state index < -0.39 is 44.3 Å². The normalized spacial score (nSPS) is 13.3. The second-order valence-electron chi connectivity index (χ2n) is 3.42. The Morgan fingerprint density at radius 1 is 1.28 bits per heavy atom. The minimum Gasteiger partial charge on any atom is -0.368 e. The van der Waals surface area contributed by atoms with Gasteiger partial charge in [-0.1, -0.05) is 0 Å². The molecule has 0 spiro atoms. The minimum atomic E-state index is -4.51. The lowest BCUT2D eigenvalue weighted by Gasteiger charge is -2.11. The zero-order valence-corrected chi connectivity index (χ0v) is 9.89. The Hall–Kier alpha value is -1.61. The fraction of sp³-hybridized carbons (Fsp3) is 0.222. The van der Waals surface area contributed by atoms with Crippen molar-refractivity contribution in [2.75, 3.05) is 0 Å². The third kappa shape index (κ3) is 2.79. The summed E-state index contributed by atoms with van der Waals surface area (Å²) in [5.41, 5.74) is 4.82. The van der Waals surface area contributed by atoms with Crippen molar-refractivity contribution < 1.29 is 26.4 Å². The van der Waals surface area contributed by atoms with Gasteiger partial charge in [-0.2, -0.15) is 4.72 Å². The summed E-state index contributed by atoms with van der Waals surface area (Å²) >= 11 is 0. The quantitative estimate of drug-likeness (QED) is 0.776. The molecule has 0 radical (unpaired) electrons. The number of hydrogen-bond acceptors (Lipinski definition) is 3. The van der Waals surface area contributed by atoms with Gasteiger partial charge in [-0.15, -0.1) is 0 Å². The molecule has 18 heavy (non-hydrogen) atoms. The molecule has 1 aromatic rings. The molecule has 0 bridgehead atoms. The van der Waals surface area contributed by atoms with Crippen LogP contribution in [0.5, 0.6) is 0 Å². The van der Waals surface area contributed by atoms with Gasteiger partial charge in [-0.05, 0) is 19.1 Å². The smallest absolute Gasteiger partial charge is 0.244 e. The topological polar surface area (TPSA) is 89.3 Å². The van der Waals surface area contributed by atoms with Crippen molar-refractivity contribution in [1.82, 2.24) is 4.72 Å². The maximum absolute atomic E-state index is 13.3. The fourth-order valence-electron chi connectivity index (χ4n) is 1.07. The van der Waals surface area contributed by atoms with Crippen molar-refractivity contribution in [3.05, 3.63) is 29.6 Å². The lowest BCUT2D eigenvalue weighted by molar-refractivity contribution is -0.119. The lowest BCUT2D eigenvalue weighted by Crippen LogP contribution is -2.42. The van der Waals surface area contributed by atoms with Crippen LogP contribution >= 0.6 is 0 Å². The van der Waals surface area contributed by atoms with E-state index in [0.29, 0.717) is 12.1 Å². The molecule has 1 rings (SSSR count). The van der Waals surface area contributed by atoms with E-state index >= 15 is 0 Å². The van der Waals surface area contributed by atoms with E-state index in [1.54, 1.807) is 4.72 Å². The number of carbonyl (C=O) groups is 1. The molecule has 1 aromatic carbocycles. The highest BCUT2D eigenvalue weighted by molar-refractivity contribution is 7.89. The van der Waals surface area contributed by atoms with Crippen LogP contribution in [0.15, 0.2) is 17.0 Å². The van der Waals surface area contributed by atoms with Crippen molar-refractivity contribution in [1.29, 1.82) is 0 Å². The van der Waals surface area contributed by atoms with Crippen molar-refractivity contribution in [3.63, 3.8) is 0 Å². The summed E-state index contributed by atoms with van der Waals surface area (Å²) in [4.78, 5) is 9.58. The number of hydrogen-bond donors (Lipinski definition) is 2. The van der Waals surface area contributed by atoms with Gasteiger partial charge in [0.25, 0.3) is 0 Å². The molecule has 0 heterocycles. The Labute approximate surface area is 101 Å². The highest BCUT2D eigenvalue weighted by Crippen LogP contribution is 2.19. The van der Waals surface area contributed by atoms with Crippen LogP contribution in [0.4, 0.5) is 13.2 Å². The van der Waals surface area contributed by atoms with Gasteiger partial charge < -0.3 is 5.73 Å². The van der Waals surface area contributed by atoms with Gasteiger partial charge >= 0.3 is 0 Å². The van der Waals surface area contributed by atoms with Crippen molar-refractivity contribution in [2.45, 2.75) is 17.9 Å². The zero-order valence-electron chi connectivity index (χ0n) is 9.08. The number of halogens is 3. The fourth-order valence-corrected chi connectivity index (χ4v) is 2.35. The average Bonchev–Trinajstić information content (AvgIpc) is 2.24. The Bertz CT molecular complexity index is 589. The molecule has 9 heteroatoms. The zero-order chi connectivity index (χ0) is 14.1. The summed E-state index contributed by atoms with van der Waals surface area (Å²) in [5.74, 6) is -6.29. The van der Waals surface area contributed by atoms with Gasteiger partial charge in [0.05, 0.1) is 6.04 Å². The van der Waals surface area contributed by atoms with Crippen LogP contribution in [0, 0.1) is 17.5 Å². The van der Waals surface area contributed by atoms with Crippen LogP contribution in [0.1, 0.15) is 6.92 Å². The number of nitrogens with one attached hydrogen (secondary N) is 1. The van der Waals surface area contributed by atoms with Gasteiger partial charge in [0.1, 0.15) is 4.90 Å². The van der Waals surface area contributed by atoms with Crippen molar-refractivity contribution in [3.8, 4) is 0 Å². The molecular weight excluding hydrogens is 273 g/mol. The Morgan fingerprint density at radius 3 is 2.33 bits per heavy atom. The lowest BCUT2D eigenvalue weighted by atomic mass is 10.3. The summed E-state index contributed by atoms with van der Waals surface area (Å²) in [7, 11) is -4.51. The van der Waals surface area contributed by atoms with Crippen LogP contribution in [-0.4, -0.2) is 20.4 Å². The molecule has 1 atom stereocenters. The SMILES string of the molecule is CC(NS(=O)(=O)c1ccc(F)c(F)c1F)C(N)=O. The molecular formula is C9H9F3N2O3S. The van der Waals surface area contributed by atoms with Crippen LogP contribution in [0.3, 0.4) is 0 Å². The Balaban J connectivity index is 3.22. The average molecular weight is 282 g/mol. The summed E-state index contributed by atoms with van der Waals surface area (Å²) in [5, 5.41) is 0. The van der Waals surface area contributed by atoms with E-state index in [-0.39, 0.29) is 0 Å². The second kappa shape index (κ2) is 4.94. The van der Waals surface area contributed by atoms with E-state index in [0.717, 1.165) is 6.92 Å². The molecule has 100 valence electrons. The molecule has 5 nitrogen and oxygen atoms in total. The van der Waals surface area contributed by atoms with Gasteiger partial charge in [0, 0.05) is 0 Å². The summed E-state index contributed by atoms with van der Waals surface area (Å²) in [6.07, 6.45) is 0. The molecule has 0 aromatic heterocycles.